The maximum atomic E-state index is 12.9. The normalized spacial score (nSPS) is 17.4. The summed E-state index contributed by atoms with van der Waals surface area (Å²) in [6.45, 7) is 2.98. The van der Waals surface area contributed by atoms with E-state index in [9.17, 15) is 19.5 Å². The predicted octanol–water partition coefficient (Wildman–Crippen LogP) is 3.39. The minimum Gasteiger partial charge on any atom is -0.481 e. The van der Waals surface area contributed by atoms with Crippen molar-refractivity contribution in [3.8, 4) is 11.1 Å². The van der Waals surface area contributed by atoms with E-state index in [2.05, 4.69) is 27.7 Å². The molecule has 2 aliphatic rings. The largest absolute Gasteiger partial charge is 0.481 e. The molecule has 1 saturated heterocycles. The number of nitrogens with zero attached hydrogens (tertiary/aromatic N) is 1. The molecule has 208 valence electrons. The summed E-state index contributed by atoms with van der Waals surface area (Å²) in [5.41, 5.74) is 5.52. The smallest absolute Gasteiger partial charge is 0.407 e. The molecule has 2 unspecified atom stereocenters. The first kappa shape index (κ1) is 27.4. The fourth-order valence-corrected chi connectivity index (χ4v) is 5.39. The molecule has 3 aromatic rings. The highest BCUT2D eigenvalue weighted by Gasteiger charge is 2.31. The van der Waals surface area contributed by atoms with Crippen LogP contribution in [-0.4, -0.2) is 73.0 Å². The fourth-order valence-electron chi connectivity index (χ4n) is 5.39. The van der Waals surface area contributed by atoms with Crippen LogP contribution in [0.4, 0.5) is 4.79 Å². The average molecular weight is 544 g/mol. The molecule has 3 aromatic carbocycles. The molecule has 0 saturated carbocycles. The first-order chi connectivity index (χ1) is 19.5. The molecule has 9 heteroatoms. The Bertz CT molecular complexity index is 1300. The number of carbonyl (C=O) groups excluding carboxylic acids is 2. The van der Waals surface area contributed by atoms with Crippen molar-refractivity contribution in [1.29, 1.82) is 0 Å². The van der Waals surface area contributed by atoms with Crippen molar-refractivity contribution in [2.24, 2.45) is 0 Å². The lowest BCUT2D eigenvalue weighted by atomic mass is 9.98. The number of benzene rings is 3. The van der Waals surface area contributed by atoms with Crippen LogP contribution < -0.4 is 10.6 Å². The third-order valence-electron chi connectivity index (χ3n) is 7.31. The number of carboxylic acid groups (broad SMARTS) is 1. The maximum absolute atomic E-state index is 12.9. The molecule has 1 fully saturated rings. The summed E-state index contributed by atoms with van der Waals surface area (Å²) in [7, 11) is 0. The van der Waals surface area contributed by atoms with Crippen LogP contribution in [0.15, 0.2) is 78.9 Å². The third-order valence-corrected chi connectivity index (χ3v) is 7.31. The Morgan fingerprint density at radius 1 is 0.950 bits per heavy atom. The van der Waals surface area contributed by atoms with E-state index in [1.165, 1.54) is 5.56 Å². The Hall–Kier alpha value is -4.21. The maximum Gasteiger partial charge on any atom is 0.407 e. The zero-order chi connectivity index (χ0) is 27.9. The number of ether oxygens (including phenoxy) is 2. The second kappa shape index (κ2) is 12.8. The van der Waals surface area contributed by atoms with Gasteiger partial charge >= 0.3 is 12.1 Å². The van der Waals surface area contributed by atoms with E-state index >= 15 is 0 Å². The van der Waals surface area contributed by atoms with Crippen LogP contribution in [-0.2, 0) is 25.6 Å². The summed E-state index contributed by atoms with van der Waals surface area (Å²) in [6.07, 6.45) is -1.66. The number of hydrogen-bond acceptors (Lipinski definition) is 6. The van der Waals surface area contributed by atoms with Crippen LogP contribution in [0.2, 0.25) is 0 Å². The highest BCUT2D eigenvalue weighted by atomic mass is 16.5. The van der Waals surface area contributed by atoms with E-state index in [-0.39, 0.29) is 25.2 Å². The summed E-state index contributed by atoms with van der Waals surface area (Å²) >= 11 is 0. The third kappa shape index (κ3) is 6.67. The number of carbonyl (C=O) groups is 3. The molecule has 0 aromatic heterocycles. The van der Waals surface area contributed by atoms with Crippen molar-refractivity contribution in [2.45, 2.75) is 31.0 Å². The molecule has 1 aliphatic heterocycles. The van der Waals surface area contributed by atoms with Crippen LogP contribution >= 0.6 is 0 Å². The van der Waals surface area contributed by atoms with Gasteiger partial charge in [0.25, 0.3) is 0 Å². The van der Waals surface area contributed by atoms with Gasteiger partial charge in [-0.05, 0) is 27.8 Å². The van der Waals surface area contributed by atoms with Gasteiger partial charge in [-0.25, -0.2) is 4.79 Å². The van der Waals surface area contributed by atoms with E-state index in [0.29, 0.717) is 13.2 Å². The topological polar surface area (TPSA) is 117 Å². The number of morpholine rings is 1. The molecule has 2 amide bonds. The molecule has 0 radical (unpaired) electrons. The molecule has 2 atom stereocenters. The number of fused-ring (bicyclic) bond motifs is 3. The first-order valence-electron chi connectivity index (χ1n) is 13.5. The van der Waals surface area contributed by atoms with E-state index in [4.69, 9.17) is 9.47 Å². The zero-order valence-electron chi connectivity index (χ0n) is 22.1. The van der Waals surface area contributed by atoms with Gasteiger partial charge in [-0.1, -0.05) is 78.9 Å². The molecule has 9 nitrogen and oxygen atoms in total. The average Bonchev–Trinajstić information content (AvgIpc) is 3.28. The molecule has 1 heterocycles. The van der Waals surface area contributed by atoms with E-state index in [0.717, 1.165) is 35.3 Å². The monoisotopic (exact) mass is 543 g/mol. The van der Waals surface area contributed by atoms with E-state index in [1.54, 1.807) is 0 Å². The number of hydrogen-bond donors (Lipinski definition) is 3. The summed E-state index contributed by atoms with van der Waals surface area (Å²) in [5.74, 6) is -1.95. The SMILES string of the molecule is O=C(O)CC(NC(=O)OCC1c2ccccc2-c2ccccc21)C(=O)NCC1CN(Cc2ccccc2)CCO1. The van der Waals surface area contributed by atoms with Gasteiger partial charge in [0.2, 0.25) is 5.91 Å². The predicted molar refractivity (Wildman–Crippen MR) is 149 cm³/mol. The first-order valence-corrected chi connectivity index (χ1v) is 13.5. The Morgan fingerprint density at radius 3 is 2.27 bits per heavy atom. The highest BCUT2D eigenvalue weighted by molar-refractivity contribution is 5.89. The van der Waals surface area contributed by atoms with Crippen molar-refractivity contribution < 1.29 is 29.0 Å². The highest BCUT2D eigenvalue weighted by Crippen LogP contribution is 2.44. The van der Waals surface area contributed by atoms with Crippen LogP contribution in [0, 0.1) is 0 Å². The number of aliphatic carboxylic acids is 1. The second-order valence-electron chi connectivity index (χ2n) is 10.1. The Balaban J connectivity index is 1.14. The molecule has 3 N–H and O–H groups in total. The van der Waals surface area contributed by atoms with Gasteiger partial charge in [-0.3, -0.25) is 14.5 Å². The van der Waals surface area contributed by atoms with Crippen molar-refractivity contribution in [3.05, 3.63) is 95.6 Å². The van der Waals surface area contributed by atoms with Crippen molar-refractivity contribution in [2.75, 3.05) is 32.8 Å². The van der Waals surface area contributed by atoms with Gasteiger partial charge in [0.05, 0.1) is 19.1 Å². The molecule has 40 heavy (non-hydrogen) atoms. The van der Waals surface area contributed by atoms with Gasteiger partial charge in [0.1, 0.15) is 12.6 Å². The molecular formula is C31H33N3O6. The number of amides is 2. The Labute approximate surface area is 233 Å². The zero-order valence-corrected chi connectivity index (χ0v) is 22.1. The summed E-state index contributed by atoms with van der Waals surface area (Å²) < 4.78 is 11.3. The van der Waals surface area contributed by atoms with Gasteiger partial charge in [-0.2, -0.15) is 0 Å². The van der Waals surface area contributed by atoms with Crippen molar-refractivity contribution in [3.63, 3.8) is 0 Å². The molecule has 0 bridgehead atoms. The minimum absolute atomic E-state index is 0.0639. The Kier molecular flexibility index (Phi) is 8.73. The van der Waals surface area contributed by atoms with Crippen LogP contribution in [0.5, 0.6) is 0 Å². The van der Waals surface area contributed by atoms with Crippen LogP contribution in [0.3, 0.4) is 0 Å². The number of rotatable bonds is 10. The lowest BCUT2D eigenvalue weighted by Gasteiger charge is -2.33. The molecular weight excluding hydrogens is 510 g/mol. The van der Waals surface area contributed by atoms with Crippen molar-refractivity contribution in [1.82, 2.24) is 15.5 Å². The molecule has 0 spiro atoms. The van der Waals surface area contributed by atoms with Crippen LogP contribution in [0.25, 0.3) is 11.1 Å². The fraction of sp³-hybridized carbons (Fsp3) is 0.323. The van der Waals surface area contributed by atoms with Gasteiger partial charge in [0.15, 0.2) is 0 Å². The Morgan fingerprint density at radius 2 is 1.60 bits per heavy atom. The number of carboxylic acids is 1. The quantitative estimate of drug-likeness (QED) is 0.359. The van der Waals surface area contributed by atoms with Crippen LogP contribution in [0.1, 0.15) is 29.0 Å². The van der Waals surface area contributed by atoms with E-state index < -0.39 is 30.4 Å². The minimum atomic E-state index is -1.28. The summed E-state index contributed by atoms with van der Waals surface area (Å²) in [4.78, 5) is 39.3. The van der Waals surface area contributed by atoms with Crippen molar-refractivity contribution >= 4 is 18.0 Å². The lowest BCUT2D eigenvalue weighted by Crippen LogP contribution is -2.52. The second-order valence-corrected chi connectivity index (χ2v) is 10.1. The van der Waals surface area contributed by atoms with Gasteiger partial charge < -0.3 is 25.2 Å². The summed E-state index contributed by atoms with van der Waals surface area (Å²) in [5, 5.41) is 14.5. The number of nitrogens with one attached hydrogen (secondary N) is 2. The molecule has 5 rings (SSSR count). The summed E-state index contributed by atoms with van der Waals surface area (Å²) in [6, 6.07) is 24.8. The van der Waals surface area contributed by atoms with E-state index in [1.807, 2.05) is 66.7 Å². The van der Waals surface area contributed by atoms with Gasteiger partial charge in [-0.15, -0.1) is 0 Å². The standard InChI is InChI=1S/C31H33N3O6/c35-29(36)16-28(30(37)32-17-22-19-34(14-15-39-22)18-21-8-2-1-3-9-21)33-31(38)40-20-27-25-12-6-4-10-23(25)24-11-5-7-13-26(24)27/h1-13,22,27-28H,14-20H2,(H,32,37)(H,33,38)(H,35,36). The number of alkyl carbamates (subject to hydrolysis) is 1. The lowest BCUT2D eigenvalue weighted by molar-refractivity contribution is -0.140. The molecule has 1 aliphatic carbocycles. The van der Waals surface area contributed by atoms with Gasteiger partial charge in [0, 0.05) is 32.1 Å².